The minimum absolute atomic E-state index is 0.200. The predicted molar refractivity (Wildman–Crippen MR) is 90.1 cm³/mol. The summed E-state index contributed by atoms with van der Waals surface area (Å²) in [7, 11) is 2.11. The molecule has 0 spiro atoms. The largest absolute Gasteiger partial charge is 0.338 e. The topological polar surface area (TPSA) is 51.7 Å². The predicted octanol–water partition coefficient (Wildman–Crippen LogP) is 0.190. The van der Waals surface area contributed by atoms with Crippen LogP contribution in [-0.4, -0.2) is 84.5 Å². The first-order chi connectivity index (χ1) is 11.1. The zero-order valence-corrected chi connectivity index (χ0v) is 14.1. The maximum Gasteiger partial charge on any atom is 0.246 e. The fraction of sp³-hybridized carbons (Fsp3) is 0.647. The van der Waals surface area contributed by atoms with E-state index in [0.29, 0.717) is 6.04 Å². The Labute approximate surface area is 138 Å². The smallest absolute Gasteiger partial charge is 0.246 e. The SMILES string of the molecule is CC1CN(C(C(=O)N2CCN(C)CC2)c2ccccn2)CCN1. The molecule has 2 aliphatic rings. The number of nitrogens with one attached hydrogen (secondary N) is 1. The second kappa shape index (κ2) is 7.38. The van der Waals surface area contributed by atoms with Gasteiger partial charge < -0.3 is 15.1 Å². The highest BCUT2D eigenvalue weighted by atomic mass is 16.2. The molecular formula is C17H27N5O. The molecule has 6 heteroatoms. The van der Waals surface area contributed by atoms with E-state index < -0.39 is 0 Å². The summed E-state index contributed by atoms with van der Waals surface area (Å²) in [6, 6.07) is 5.99. The third-order valence-corrected chi connectivity index (χ3v) is 4.78. The summed E-state index contributed by atoms with van der Waals surface area (Å²) in [5, 5.41) is 3.45. The van der Waals surface area contributed by atoms with Gasteiger partial charge in [-0.15, -0.1) is 0 Å². The Hall–Kier alpha value is -1.50. The lowest BCUT2D eigenvalue weighted by molar-refractivity contribution is -0.139. The van der Waals surface area contributed by atoms with Gasteiger partial charge in [-0.3, -0.25) is 14.7 Å². The molecule has 6 nitrogen and oxygen atoms in total. The molecule has 2 aliphatic heterocycles. The molecule has 1 aromatic rings. The van der Waals surface area contributed by atoms with E-state index >= 15 is 0 Å². The Morgan fingerprint density at radius 3 is 2.70 bits per heavy atom. The van der Waals surface area contributed by atoms with E-state index in [9.17, 15) is 4.79 Å². The Kier molecular flexibility index (Phi) is 5.25. The van der Waals surface area contributed by atoms with Gasteiger partial charge in [0.2, 0.25) is 5.91 Å². The summed E-state index contributed by atoms with van der Waals surface area (Å²) >= 11 is 0. The summed E-state index contributed by atoms with van der Waals surface area (Å²) in [6.07, 6.45) is 1.78. The summed E-state index contributed by atoms with van der Waals surface area (Å²) in [6.45, 7) is 8.34. The Bertz CT molecular complexity index is 515. The molecule has 1 N–H and O–H groups in total. The summed E-state index contributed by atoms with van der Waals surface area (Å²) in [5.74, 6) is 0.200. The van der Waals surface area contributed by atoms with E-state index in [0.717, 1.165) is 51.5 Å². The number of likely N-dealkylation sites (N-methyl/N-ethyl adjacent to an activating group) is 1. The van der Waals surface area contributed by atoms with Crippen LogP contribution in [0.2, 0.25) is 0 Å². The number of piperazine rings is 2. The number of carbonyl (C=O) groups excluding carboxylic acids is 1. The van der Waals surface area contributed by atoms with Crippen LogP contribution in [0.4, 0.5) is 0 Å². The van der Waals surface area contributed by atoms with Crippen molar-refractivity contribution in [2.24, 2.45) is 0 Å². The number of rotatable bonds is 3. The van der Waals surface area contributed by atoms with Crippen LogP contribution in [-0.2, 0) is 4.79 Å². The lowest BCUT2D eigenvalue weighted by Crippen LogP contribution is -2.56. The molecule has 2 unspecified atom stereocenters. The van der Waals surface area contributed by atoms with Crippen molar-refractivity contribution >= 4 is 5.91 Å². The molecule has 1 aromatic heterocycles. The highest BCUT2D eigenvalue weighted by molar-refractivity contribution is 5.83. The summed E-state index contributed by atoms with van der Waals surface area (Å²) in [5.41, 5.74) is 0.866. The van der Waals surface area contributed by atoms with Gasteiger partial charge >= 0.3 is 0 Å². The second-order valence-electron chi connectivity index (χ2n) is 6.64. The Balaban J connectivity index is 1.81. The number of hydrogen-bond donors (Lipinski definition) is 1. The Morgan fingerprint density at radius 2 is 2.04 bits per heavy atom. The molecule has 0 radical (unpaired) electrons. The molecule has 3 rings (SSSR count). The average molecular weight is 317 g/mol. The molecule has 0 bridgehead atoms. The minimum atomic E-state index is -0.260. The van der Waals surface area contributed by atoms with E-state index in [-0.39, 0.29) is 11.9 Å². The van der Waals surface area contributed by atoms with Crippen LogP contribution in [0.5, 0.6) is 0 Å². The highest BCUT2D eigenvalue weighted by Gasteiger charge is 2.35. The zero-order valence-electron chi connectivity index (χ0n) is 14.1. The molecule has 23 heavy (non-hydrogen) atoms. The molecule has 2 fully saturated rings. The van der Waals surface area contributed by atoms with Crippen LogP contribution < -0.4 is 5.32 Å². The highest BCUT2D eigenvalue weighted by Crippen LogP contribution is 2.23. The van der Waals surface area contributed by atoms with Crippen molar-refractivity contribution in [3.63, 3.8) is 0 Å². The van der Waals surface area contributed by atoms with Crippen LogP contribution in [0.3, 0.4) is 0 Å². The van der Waals surface area contributed by atoms with Gasteiger partial charge in [0.05, 0.1) is 5.69 Å². The van der Waals surface area contributed by atoms with Gasteiger partial charge in [-0.05, 0) is 26.1 Å². The van der Waals surface area contributed by atoms with Crippen LogP contribution in [0, 0.1) is 0 Å². The normalized spacial score (nSPS) is 25.3. The number of aromatic nitrogens is 1. The summed E-state index contributed by atoms with van der Waals surface area (Å²) < 4.78 is 0. The molecule has 0 aliphatic carbocycles. The molecule has 1 amide bonds. The average Bonchev–Trinajstić information content (AvgIpc) is 2.57. The van der Waals surface area contributed by atoms with Crippen molar-refractivity contribution in [1.29, 1.82) is 0 Å². The van der Waals surface area contributed by atoms with E-state index in [1.165, 1.54) is 0 Å². The van der Waals surface area contributed by atoms with Gasteiger partial charge in [-0.2, -0.15) is 0 Å². The first kappa shape index (κ1) is 16.4. The van der Waals surface area contributed by atoms with Crippen molar-refractivity contribution in [1.82, 2.24) is 25.0 Å². The maximum atomic E-state index is 13.2. The first-order valence-electron chi connectivity index (χ1n) is 8.51. The van der Waals surface area contributed by atoms with Crippen molar-refractivity contribution in [2.75, 3.05) is 52.9 Å². The lowest BCUT2D eigenvalue weighted by atomic mass is 10.1. The third kappa shape index (κ3) is 3.88. The third-order valence-electron chi connectivity index (χ3n) is 4.78. The van der Waals surface area contributed by atoms with E-state index in [1.807, 2.05) is 23.1 Å². The standard InChI is InChI=1S/C17H27N5O/c1-14-13-22(8-7-18-14)16(15-5-3-4-6-19-15)17(23)21-11-9-20(2)10-12-21/h3-6,14,16,18H,7-13H2,1-2H3. The van der Waals surface area contributed by atoms with E-state index in [2.05, 4.69) is 34.1 Å². The number of pyridine rings is 1. The van der Waals surface area contributed by atoms with Crippen LogP contribution in [0.25, 0.3) is 0 Å². The van der Waals surface area contributed by atoms with Crippen molar-refractivity contribution in [3.8, 4) is 0 Å². The van der Waals surface area contributed by atoms with Gasteiger partial charge in [0.15, 0.2) is 0 Å². The minimum Gasteiger partial charge on any atom is -0.338 e. The van der Waals surface area contributed by atoms with Crippen LogP contribution in [0.1, 0.15) is 18.7 Å². The fourth-order valence-electron chi connectivity index (χ4n) is 3.40. The molecule has 3 heterocycles. The van der Waals surface area contributed by atoms with Gasteiger partial charge in [-0.25, -0.2) is 0 Å². The number of hydrogen-bond acceptors (Lipinski definition) is 5. The second-order valence-corrected chi connectivity index (χ2v) is 6.64. The molecular weight excluding hydrogens is 290 g/mol. The summed E-state index contributed by atoms with van der Waals surface area (Å²) in [4.78, 5) is 24.3. The number of nitrogens with zero attached hydrogens (tertiary/aromatic N) is 4. The van der Waals surface area contributed by atoms with Crippen molar-refractivity contribution in [2.45, 2.75) is 19.0 Å². The Morgan fingerprint density at radius 1 is 1.26 bits per heavy atom. The molecule has 2 saturated heterocycles. The van der Waals surface area contributed by atoms with Crippen molar-refractivity contribution in [3.05, 3.63) is 30.1 Å². The monoisotopic (exact) mass is 317 g/mol. The first-order valence-corrected chi connectivity index (χ1v) is 8.51. The van der Waals surface area contributed by atoms with E-state index in [1.54, 1.807) is 6.20 Å². The van der Waals surface area contributed by atoms with Gasteiger partial charge in [0.1, 0.15) is 6.04 Å². The zero-order chi connectivity index (χ0) is 16.2. The molecule has 0 aromatic carbocycles. The fourth-order valence-corrected chi connectivity index (χ4v) is 3.40. The quantitative estimate of drug-likeness (QED) is 0.862. The van der Waals surface area contributed by atoms with Crippen LogP contribution >= 0.6 is 0 Å². The molecule has 0 saturated carbocycles. The van der Waals surface area contributed by atoms with Gasteiger partial charge in [0.25, 0.3) is 0 Å². The molecule has 126 valence electrons. The maximum absolute atomic E-state index is 13.2. The number of amides is 1. The van der Waals surface area contributed by atoms with Gasteiger partial charge in [0, 0.05) is 58.1 Å². The number of carbonyl (C=O) groups is 1. The van der Waals surface area contributed by atoms with Crippen LogP contribution in [0.15, 0.2) is 24.4 Å². The van der Waals surface area contributed by atoms with Gasteiger partial charge in [-0.1, -0.05) is 6.07 Å². The lowest BCUT2D eigenvalue weighted by Gasteiger charge is -2.40. The van der Waals surface area contributed by atoms with E-state index in [4.69, 9.17) is 0 Å². The molecule has 2 atom stereocenters. The van der Waals surface area contributed by atoms with Crippen molar-refractivity contribution < 1.29 is 4.79 Å².